The highest BCUT2D eigenvalue weighted by molar-refractivity contribution is 6.30. The van der Waals surface area contributed by atoms with Crippen LogP contribution >= 0.6 is 11.6 Å². The van der Waals surface area contributed by atoms with Crippen LogP contribution in [0.1, 0.15) is 29.8 Å². The summed E-state index contributed by atoms with van der Waals surface area (Å²) in [5.41, 5.74) is 1.03. The molecule has 0 spiro atoms. The van der Waals surface area contributed by atoms with E-state index in [4.69, 9.17) is 11.6 Å². The Morgan fingerprint density at radius 3 is 2.35 bits per heavy atom. The smallest absolute Gasteiger partial charge is 0.337 e. The molecule has 1 amide bonds. The molecule has 0 saturated heterocycles. The van der Waals surface area contributed by atoms with E-state index in [1.54, 1.807) is 36.4 Å². The zero-order valence-corrected chi connectivity index (χ0v) is 14.0. The first-order valence-corrected chi connectivity index (χ1v) is 7.48. The molecule has 0 unspecified atom stereocenters. The molecule has 0 atom stereocenters. The molecule has 4 nitrogen and oxygen atoms in total. The molecule has 0 heterocycles. The van der Waals surface area contributed by atoms with E-state index in [1.807, 2.05) is 26.0 Å². The minimum absolute atomic E-state index is 0.179. The minimum Gasteiger partial charge on any atom is -0.465 e. The number of ether oxygens (including phenoxy) is 1. The average molecular weight is 332 g/mol. The van der Waals surface area contributed by atoms with Crippen molar-refractivity contribution in [2.24, 2.45) is 0 Å². The molecule has 0 bridgehead atoms. The van der Waals surface area contributed by atoms with Gasteiger partial charge in [0.15, 0.2) is 0 Å². The molecule has 2 aromatic carbocycles. The van der Waals surface area contributed by atoms with Crippen molar-refractivity contribution in [3.8, 4) is 0 Å². The lowest BCUT2D eigenvalue weighted by atomic mass is 9.83. The maximum atomic E-state index is 12.6. The van der Waals surface area contributed by atoms with E-state index >= 15 is 0 Å². The number of amides is 1. The second kappa shape index (κ2) is 6.84. The number of carbonyl (C=O) groups is 2. The van der Waals surface area contributed by atoms with Crippen LogP contribution in [-0.4, -0.2) is 19.0 Å². The fourth-order valence-electron chi connectivity index (χ4n) is 2.13. The van der Waals surface area contributed by atoms with Gasteiger partial charge in [0.05, 0.1) is 18.1 Å². The molecule has 0 fully saturated rings. The Kier molecular flexibility index (Phi) is 5.06. The molecule has 5 heteroatoms. The van der Waals surface area contributed by atoms with E-state index in [-0.39, 0.29) is 5.91 Å². The number of halogens is 1. The average Bonchev–Trinajstić information content (AvgIpc) is 2.54. The predicted octanol–water partition coefficient (Wildman–Crippen LogP) is 4.04. The fraction of sp³-hybridized carbons (Fsp3) is 0.222. The van der Waals surface area contributed by atoms with Gasteiger partial charge in [-0.25, -0.2) is 4.79 Å². The molecule has 23 heavy (non-hydrogen) atoms. The van der Waals surface area contributed by atoms with E-state index in [0.29, 0.717) is 16.3 Å². The van der Waals surface area contributed by atoms with Crippen molar-refractivity contribution < 1.29 is 14.3 Å². The summed E-state index contributed by atoms with van der Waals surface area (Å²) in [6.07, 6.45) is 0. The molecule has 0 aliphatic carbocycles. The largest absolute Gasteiger partial charge is 0.465 e. The van der Waals surface area contributed by atoms with Gasteiger partial charge in [-0.2, -0.15) is 0 Å². The summed E-state index contributed by atoms with van der Waals surface area (Å²) in [6.45, 7) is 3.66. The Hall–Kier alpha value is -2.33. The number of methoxy groups -OCH3 is 1. The van der Waals surface area contributed by atoms with Crippen LogP contribution in [0.15, 0.2) is 48.5 Å². The first-order valence-electron chi connectivity index (χ1n) is 7.10. The van der Waals surface area contributed by atoms with E-state index in [9.17, 15) is 9.59 Å². The Morgan fingerprint density at radius 1 is 1.09 bits per heavy atom. The molecule has 2 aromatic rings. The molecule has 0 aromatic heterocycles. The van der Waals surface area contributed by atoms with Gasteiger partial charge in [0.25, 0.3) is 0 Å². The lowest BCUT2D eigenvalue weighted by Crippen LogP contribution is -2.34. The van der Waals surface area contributed by atoms with Crippen LogP contribution in [-0.2, 0) is 14.9 Å². The Morgan fingerprint density at radius 2 is 1.74 bits per heavy atom. The highest BCUT2D eigenvalue weighted by Crippen LogP contribution is 2.26. The molecule has 0 aliphatic rings. The second-order valence-electron chi connectivity index (χ2n) is 5.66. The van der Waals surface area contributed by atoms with E-state index in [0.717, 1.165) is 5.56 Å². The minimum atomic E-state index is -0.744. The van der Waals surface area contributed by atoms with Crippen molar-refractivity contribution in [3.05, 3.63) is 64.7 Å². The lowest BCUT2D eigenvalue weighted by Gasteiger charge is -2.24. The molecule has 120 valence electrons. The maximum absolute atomic E-state index is 12.6. The number of benzene rings is 2. The van der Waals surface area contributed by atoms with Gasteiger partial charge >= 0.3 is 5.97 Å². The Balaban J connectivity index is 2.21. The third-order valence-corrected chi connectivity index (χ3v) is 3.93. The normalized spacial score (nSPS) is 11.0. The van der Waals surface area contributed by atoms with Gasteiger partial charge in [-0.05, 0) is 49.7 Å². The molecule has 2 rings (SSSR count). The Labute approximate surface area is 140 Å². The van der Waals surface area contributed by atoms with Crippen LogP contribution in [0.4, 0.5) is 5.69 Å². The van der Waals surface area contributed by atoms with Crippen molar-refractivity contribution in [2.45, 2.75) is 19.3 Å². The van der Waals surface area contributed by atoms with Crippen LogP contribution < -0.4 is 5.32 Å². The van der Waals surface area contributed by atoms with Crippen molar-refractivity contribution in [2.75, 3.05) is 12.4 Å². The van der Waals surface area contributed by atoms with E-state index in [2.05, 4.69) is 10.1 Å². The number of anilines is 1. The number of rotatable bonds is 4. The summed E-state index contributed by atoms with van der Waals surface area (Å²) in [5.74, 6) is -0.625. The van der Waals surface area contributed by atoms with Gasteiger partial charge in [-0.3, -0.25) is 4.79 Å². The van der Waals surface area contributed by atoms with Crippen molar-refractivity contribution in [3.63, 3.8) is 0 Å². The van der Waals surface area contributed by atoms with Crippen LogP contribution in [0.2, 0.25) is 5.02 Å². The number of carbonyl (C=O) groups excluding carboxylic acids is 2. The first-order chi connectivity index (χ1) is 10.8. The van der Waals surface area contributed by atoms with E-state index in [1.165, 1.54) is 7.11 Å². The second-order valence-corrected chi connectivity index (χ2v) is 6.09. The topological polar surface area (TPSA) is 55.4 Å². The highest BCUT2D eigenvalue weighted by atomic mass is 35.5. The van der Waals surface area contributed by atoms with Crippen molar-refractivity contribution in [1.82, 2.24) is 0 Å². The van der Waals surface area contributed by atoms with Gasteiger partial charge in [-0.15, -0.1) is 0 Å². The standard InChI is InChI=1S/C18H18ClNO3/c1-18(2,13-7-9-14(19)10-8-13)17(22)20-15-6-4-5-12(11-15)16(21)23-3/h4-11H,1-3H3,(H,20,22). The Bertz CT molecular complexity index is 723. The number of hydrogen-bond acceptors (Lipinski definition) is 3. The highest BCUT2D eigenvalue weighted by Gasteiger charge is 2.29. The molecule has 0 radical (unpaired) electrons. The summed E-state index contributed by atoms with van der Waals surface area (Å²) in [5, 5.41) is 3.46. The van der Waals surface area contributed by atoms with Gasteiger partial charge < -0.3 is 10.1 Å². The summed E-state index contributed by atoms with van der Waals surface area (Å²) >= 11 is 5.89. The number of esters is 1. The summed E-state index contributed by atoms with van der Waals surface area (Å²) in [6, 6.07) is 13.8. The summed E-state index contributed by atoms with van der Waals surface area (Å²) in [7, 11) is 1.32. The molecule has 0 saturated carbocycles. The quantitative estimate of drug-likeness (QED) is 0.860. The first kappa shape index (κ1) is 17.0. The molecular weight excluding hydrogens is 314 g/mol. The van der Waals surface area contributed by atoms with Gasteiger partial charge in [0.1, 0.15) is 0 Å². The van der Waals surface area contributed by atoms with E-state index < -0.39 is 11.4 Å². The fourth-order valence-corrected chi connectivity index (χ4v) is 2.25. The third-order valence-electron chi connectivity index (χ3n) is 3.68. The van der Waals surface area contributed by atoms with Crippen LogP contribution in [0.25, 0.3) is 0 Å². The lowest BCUT2D eigenvalue weighted by molar-refractivity contribution is -0.120. The van der Waals surface area contributed by atoms with Crippen molar-refractivity contribution in [1.29, 1.82) is 0 Å². The molecular formula is C18H18ClNO3. The van der Waals surface area contributed by atoms with Gasteiger partial charge in [0.2, 0.25) is 5.91 Å². The molecule has 0 aliphatic heterocycles. The zero-order valence-electron chi connectivity index (χ0n) is 13.2. The predicted molar refractivity (Wildman–Crippen MR) is 90.9 cm³/mol. The van der Waals surface area contributed by atoms with Crippen LogP contribution in [0.5, 0.6) is 0 Å². The van der Waals surface area contributed by atoms with Gasteiger partial charge in [0, 0.05) is 10.7 Å². The summed E-state index contributed by atoms with van der Waals surface area (Å²) in [4.78, 5) is 24.2. The van der Waals surface area contributed by atoms with Crippen molar-refractivity contribution >= 4 is 29.2 Å². The number of nitrogens with one attached hydrogen (secondary N) is 1. The number of hydrogen-bond donors (Lipinski definition) is 1. The molecule has 1 N–H and O–H groups in total. The zero-order chi connectivity index (χ0) is 17.0. The monoisotopic (exact) mass is 331 g/mol. The SMILES string of the molecule is COC(=O)c1cccc(NC(=O)C(C)(C)c2ccc(Cl)cc2)c1. The van der Waals surface area contributed by atoms with Gasteiger partial charge in [-0.1, -0.05) is 29.8 Å². The summed E-state index contributed by atoms with van der Waals surface area (Å²) < 4.78 is 4.68. The third kappa shape index (κ3) is 3.90. The maximum Gasteiger partial charge on any atom is 0.337 e. The van der Waals surface area contributed by atoms with Crippen LogP contribution in [0.3, 0.4) is 0 Å². The van der Waals surface area contributed by atoms with Crippen LogP contribution in [0, 0.1) is 0 Å².